The minimum absolute atomic E-state index is 0.118. The second-order valence-corrected chi connectivity index (χ2v) is 7.64. The molecule has 0 spiro atoms. The van der Waals surface area contributed by atoms with E-state index in [0.29, 0.717) is 11.0 Å². The van der Waals surface area contributed by atoms with Crippen LogP contribution in [-0.4, -0.2) is 37.7 Å². The van der Waals surface area contributed by atoms with Gasteiger partial charge in [-0.2, -0.15) is 5.10 Å². The Balaban J connectivity index is 1.46. The van der Waals surface area contributed by atoms with Crippen LogP contribution in [0.25, 0.3) is 16.7 Å². The second kappa shape index (κ2) is 7.64. The van der Waals surface area contributed by atoms with E-state index in [2.05, 4.69) is 39.2 Å². The maximum Gasteiger partial charge on any atom is 0.262 e. The zero-order valence-electron chi connectivity index (χ0n) is 16.2. The molecule has 6 nitrogen and oxygen atoms in total. The average molecular weight is 385 g/mol. The largest absolute Gasteiger partial charge is 0.310 e. The van der Waals surface area contributed by atoms with E-state index in [0.717, 1.165) is 44.0 Å². The summed E-state index contributed by atoms with van der Waals surface area (Å²) in [6.07, 6.45) is 3.72. The van der Waals surface area contributed by atoms with Crippen molar-refractivity contribution in [3.05, 3.63) is 88.6 Å². The highest BCUT2D eigenvalue weighted by atomic mass is 16.1. The molecule has 0 amide bonds. The van der Waals surface area contributed by atoms with Crippen LogP contribution in [0.3, 0.4) is 0 Å². The lowest BCUT2D eigenvalue weighted by Crippen LogP contribution is -2.35. The lowest BCUT2D eigenvalue weighted by molar-refractivity contribution is 0.196. The number of nitrogens with zero attached hydrogens (tertiary/aromatic N) is 4. The smallest absolute Gasteiger partial charge is 0.262 e. The van der Waals surface area contributed by atoms with Crippen LogP contribution in [0.5, 0.6) is 0 Å². The number of hydrogen-bond acceptors (Lipinski definition) is 4. The van der Waals surface area contributed by atoms with Crippen LogP contribution in [0.2, 0.25) is 0 Å². The Bertz CT molecular complexity index is 1170. The Kier molecular flexibility index (Phi) is 4.69. The third-order valence-electron chi connectivity index (χ3n) is 5.60. The van der Waals surface area contributed by atoms with Crippen LogP contribution in [0.1, 0.15) is 30.1 Å². The highest BCUT2D eigenvalue weighted by Crippen LogP contribution is 2.26. The van der Waals surface area contributed by atoms with E-state index in [-0.39, 0.29) is 11.5 Å². The molecular formula is C23H23N5O. The third kappa shape index (κ3) is 3.59. The quantitative estimate of drug-likeness (QED) is 0.584. The molecule has 1 atom stereocenters. The number of fused-ring (bicyclic) bond motifs is 1. The fourth-order valence-corrected chi connectivity index (χ4v) is 4.15. The third-order valence-corrected chi connectivity index (χ3v) is 5.60. The van der Waals surface area contributed by atoms with Crippen molar-refractivity contribution in [3.63, 3.8) is 0 Å². The molecule has 0 radical (unpaired) electrons. The lowest BCUT2D eigenvalue weighted by atomic mass is 9.96. The topological polar surface area (TPSA) is 66.8 Å². The maximum absolute atomic E-state index is 12.7. The molecule has 0 saturated carbocycles. The molecule has 3 heterocycles. The van der Waals surface area contributed by atoms with Gasteiger partial charge in [0.2, 0.25) is 0 Å². The number of H-pyrrole nitrogens is 1. The van der Waals surface area contributed by atoms with Crippen LogP contribution in [0, 0.1) is 0 Å². The normalized spacial score (nSPS) is 17.6. The Morgan fingerprint density at radius 2 is 1.79 bits per heavy atom. The summed E-state index contributed by atoms with van der Waals surface area (Å²) in [7, 11) is 0. The van der Waals surface area contributed by atoms with Crippen molar-refractivity contribution >= 4 is 11.0 Å². The molecular weight excluding hydrogens is 362 g/mol. The number of hydrogen-bond donors (Lipinski definition) is 1. The molecule has 1 unspecified atom stereocenters. The van der Waals surface area contributed by atoms with Crippen molar-refractivity contribution in [2.75, 3.05) is 13.1 Å². The Morgan fingerprint density at radius 3 is 2.59 bits per heavy atom. The average Bonchev–Trinajstić information content (AvgIpc) is 3.20. The van der Waals surface area contributed by atoms with E-state index in [1.54, 1.807) is 10.9 Å². The fraction of sp³-hybridized carbons (Fsp3) is 0.261. The predicted molar refractivity (Wildman–Crippen MR) is 113 cm³/mol. The van der Waals surface area contributed by atoms with Gasteiger partial charge < -0.3 is 4.98 Å². The number of benzene rings is 2. The minimum Gasteiger partial charge on any atom is -0.310 e. The molecule has 146 valence electrons. The molecule has 1 fully saturated rings. The molecule has 1 aliphatic heterocycles. The van der Waals surface area contributed by atoms with Crippen LogP contribution in [0.15, 0.2) is 71.7 Å². The molecule has 6 heteroatoms. The molecule has 1 N–H and O–H groups in total. The molecule has 0 aliphatic carbocycles. The predicted octanol–water partition coefficient (Wildman–Crippen LogP) is 3.49. The number of nitrogens with one attached hydrogen (secondary N) is 1. The van der Waals surface area contributed by atoms with Gasteiger partial charge in [-0.15, -0.1) is 0 Å². The van der Waals surface area contributed by atoms with E-state index in [1.807, 2.05) is 36.4 Å². The van der Waals surface area contributed by atoms with E-state index in [1.165, 1.54) is 5.56 Å². The van der Waals surface area contributed by atoms with Gasteiger partial charge >= 0.3 is 0 Å². The van der Waals surface area contributed by atoms with Crippen molar-refractivity contribution < 1.29 is 0 Å². The van der Waals surface area contributed by atoms with Crippen molar-refractivity contribution in [2.45, 2.75) is 25.3 Å². The van der Waals surface area contributed by atoms with Gasteiger partial charge in [-0.1, -0.05) is 48.5 Å². The maximum atomic E-state index is 12.7. The van der Waals surface area contributed by atoms with E-state index in [9.17, 15) is 4.79 Å². The molecule has 5 rings (SSSR count). The van der Waals surface area contributed by atoms with Gasteiger partial charge in [0, 0.05) is 19.0 Å². The molecule has 4 aromatic rings. The number of aromatic nitrogens is 4. The standard InChI is InChI=1S/C23H23N5O/c29-23-20-14-24-28(19-11-5-2-6-12-19)22(20)25-21(26-23)18-10-7-13-27(16-18)15-17-8-3-1-4-9-17/h1-6,8-9,11-12,14,18H,7,10,13,15-16H2,(H,25,26,29). The summed E-state index contributed by atoms with van der Waals surface area (Å²) in [6.45, 7) is 2.88. The van der Waals surface area contributed by atoms with Crippen LogP contribution < -0.4 is 5.56 Å². The zero-order valence-corrected chi connectivity index (χ0v) is 16.2. The van der Waals surface area contributed by atoms with Crippen molar-refractivity contribution in [1.82, 2.24) is 24.6 Å². The van der Waals surface area contributed by atoms with E-state index in [4.69, 9.17) is 4.98 Å². The Morgan fingerprint density at radius 1 is 1.03 bits per heavy atom. The monoisotopic (exact) mass is 385 g/mol. The minimum atomic E-state index is -0.118. The zero-order chi connectivity index (χ0) is 19.6. The summed E-state index contributed by atoms with van der Waals surface area (Å²) in [6, 6.07) is 20.3. The van der Waals surface area contributed by atoms with Crippen molar-refractivity contribution in [3.8, 4) is 5.69 Å². The number of likely N-dealkylation sites (tertiary alicyclic amines) is 1. The van der Waals surface area contributed by atoms with Gasteiger partial charge in [-0.05, 0) is 37.1 Å². The summed E-state index contributed by atoms with van der Waals surface area (Å²) in [4.78, 5) is 23.0. The highest BCUT2D eigenvalue weighted by molar-refractivity contribution is 5.75. The fourth-order valence-electron chi connectivity index (χ4n) is 4.15. The highest BCUT2D eigenvalue weighted by Gasteiger charge is 2.24. The van der Waals surface area contributed by atoms with Crippen LogP contribution >= 0.6 is 0 Å². The van der Waals surface area contributed by atoms with Crippen molar-refractivity contribution in [2.24, 2.45) is 0 Å². The number of piperidine rings is 1. The van der Waals surface area contributed by atoms with Gasteiger partial charge in [-0.25, -0.2) is 9.67 Å². The van der Waals surface area contributed by atoms with Gasteiger partial charge in [0.15, 0.2) is 5.65 Å². The molecule has 1 aliphatic rings. The van der Waals surface area contributed by atoms with Gasteiger partial charge in [-0.3, -0.25) is 9.69 Å². The van der Waals surface area contributed by atoms with Crippen LogP contribution in [-0.2, 0) is 6.54 Å². The van der Waals surface area contributed by atoms with Gasteiger partial charge in [0.05, 0.1) is 11.9 Å². The van der Waals surface area contributed by atoms with Gasteiger partial charge in [0.25, 0.3) is 5.56 Å². The summed E-state index contributed by atoms with van der Waals surface area (Å²) in [5, 5.41) is 4.93. The summed E-state index contributed by atoms with van der Waals surface area (Å²) in [5.74, 6) is 0.974. The first kappa shape index (κ1) is 17.8. The molecule has 0 bridgehead atoms. The van der Waals surface area contributed by atoms with E-state index < -0.39 is 0 Å². The first-order valence-electron chi connectivity index (χ1n) is 10.1. The van der Waals surface area contributed by atoms with Gasteiger partial charge in [0.1, 0.15) is 11.2 Å². The summed E-state index contributed by atoms with van der Waals surface area (Å²) in [5.41, 5.74) is 2.72. The SMILES string of the molecule is O=c1[nH]c(C2CCCN(Cc3ccccc3)C2)nc2c1cnn2-c1ccccc1. The number of rotatable bonds is 4. The van der Waals surface area contributed by atoms with E-state index >= 15 is 0 Å². The lowest BCUT2D eigenvalue weighted by Gasteiger charge is -2.32. The summed E-state index contributed by atoms with van der Waals surface area (Å²) < 4.78 is 1.75. The summed E-state index contributed by atoms with van der Waals surface area (Å²) >= 11 is 0. The Hall–Kier alpha value is -3.25. The first-order valence-corrected chi connectivity index (χ1v) is 10.1. The van der Waals surface area contributed by atoms with Crippen LogP contribution in [0.4, 0.5) is 0 Å². The number of para-hydroxylation sites is 1. The molecule has 29 heavy (non-hydrogen) atoms. The first-order chi connectivity index (χ1) is 14.3. The Labute approximate surface area is 168 Å². The molecule has 2 aromatic heterocycles. The second-order valence-electron chi connectivity index (χ2n) is 7.64. The number of aromatic amines is 1. The molecule has 1 saturated heterocycles. The van der Waals surface area contributed by atoms with Crippen molar-refractivity contribution in [1.29, 1.82) is 0 Å². The molecule has 2 aromatic carbocycles.